The fourth-order valence-corrected chi connectivity index (χ4v) is 3.52. The monoisotopic (exact) mass is 288 g/mol. The molecule has 2 N–H and O–H groups in total. The van der Waals surface area contributed by atoms with Gasteiger partial charge in [0.05, 0.1) is 22.2 Å². The number of hydrogen-bond donors (Lipinski definition) is 1. The number of nitrogen functional groups attached to an aromatic ring is 1. The van der Waals surface area contributed by atoms with E-state index in [-0.39, 0.29) is 5.75 Å². The molecule has 0 amide bonds. The molecular formula is C12H17ClN2O2S. The molecule has 0 radical (unpaired) electrons. The molecule has 6 heteroatoms. The van der Waals surface area contributed by atoms with Crippen molar-refractivity contribution in [1.82, 2.24) is 4.90 Å². The van der Waals surface area contributed by atoms with Crippen LogP contribution in [0.5, 0.6) is 0 Å². The maximum Gasteiger partial charge on any atom is 0.151 e. The molecule has 0 saturated carbocycles. The number of sulfone groups is 1. The maximum absolute atomic E-state index is 11.5. The lowest BCUT2D eigenvalue weighted by molar-refractivity contribution is 0.287. The summed E-state index contributed by atoms with van der Waals surface area (Å²) in [6, 6.07) is 5.56. The van der Waals surface area contributed by atoms with Gasteiger partial charge in [-0.2, -0.15) is 0 Å². The first-order valence-electron chi connectivity index (χ1n) is 5.93. The molecular weight excluding hydrogens is 272 g/mol. The van der Waals surface area contributed by atoms with Crippen molar-refractivity contribution in [2.75, 3.05) is 30.3 Å². The highest BCUT2D eigenvalue weighted by atomic mass is 35.5. The molecule has 1 aromatic carbocycles. The van der Waals surface area contributed by atoms with Crippen LogP contribution in [0.2, 0.25) is 5.02 Å². The van der Waals surface area contributed by atoms with Crippen molar-refractivity contribution >= 4 is 27.1 Å². The van der Waals surface area contributed by atoms with Crippen LogP contribution in [0.4, 0.5) is 5.69 Å². The Labute approximate surface area is 113 Å². The second kappa shape index (κ2) is 5.47. The van der Waals surface area contributed by atoms with Crippen LogP contribution in [-0.4, -0.2) is 37.9 Å². The number of anilines is 1. The van der Waals surface area contributed by atoms with Gasteiger partial charge in [-0.25, -0.2) is 8.42 Å². The molecule has 1 aromatic rings. The number of nitrogens with two attached hydrogens (primary N) is 1. The minimum absolute atomic E-state index is 0.246. The van der Waals surface area contributed by atoms with Gasteiger partial charge < -0.3 is 5.73 Å². The molecule has 4 nitrogen and oxygen atoms in total. The van der Waals surface area contributed by atoms with Crippen molar-refractivity contribution in [3.63, 3.8) is 0 Å². The highest BCUT2D eigenvalue weighted by Crippen LogP contribution is 2.20. The normalized spacial score (nSPS) is 20.5. The molecule has 1 fully saturated rings. The van der Waals surface area contributed by atoms with Crippen LogP contribution in [0.25, 0.3) is 0 Å². The summed E-state index contributed by atoms with van der Waals surface area (Å²) in [5, 5.41) is 0.553. The maximum atomic E-state index is 11.5. The lowest BCUT2D eigenvalue weighted by atomic mass is 10.2. The molecule has 1 aliphatic heterocycles. The Hall–Kier alpha value is -0.780. The fraction of sp³-hybridized carbons (Fsp3) is 0.500. The Balaban J connectivity index is 2.03. The lowest BCUT2D eigenvalue weighted by Gasteiger charge is -2.19. The van der Waals surface area contributed by atoms with Gasteiger partial charge in [0.25, 0.3) is 0 Å². The van der Waals surface area contributed by atoms with E-state index in [1.165, 1.54) is 0 Å². The third-order valence-electron chi connectivity index (χ3n) is 3.11. The van der Waals surface area contributed by atoms with Crippen LogP contribution < -0.4 is 5.73 Å². The van der Waals surface area contributed by atoms with E-state index in [1.54, 1.807) is 6.07 Å². The summed E-state index contributed by atoms with van der Waals surface area (Å²) in [7, 11) is -2.85. The first kappa shape index (κ1) is 13.6. The summed E-state index contributed by atoms with van der Waals surface area (Å²) in [5.74, 6) is 0.544. The van der Waals surface area contributed by atoms with E-state index in [0.29, 0.717) is 29.4 Å². The van der Waals surface area contributed by atoms with Gasteiger partial charge in [-0.1, -0.05) is 17.7 Å². The van der Waals surface area contributed by atoms with Gasteiger partial charge in [0.15, 0.2) is 9.84 Å². The molecule has 1 saturated heterocycles. The molecule has 1 aliphatic rings. The lowest BCUT2D eigenvalue weighted by Crippen LogP contribution is -2.26. The Morgan fingerprint density at radius 2 is 2.06 bits per heavy atom. The first-order valence-corrected chi connectivity index (χ1v) is 8.13. The zero-order valence-electron chi connectivity index (χ0n) is 10.1. The average Bonchev–Trinajstić information content (AvgIpc) is 2.46. The molecule has 0 bridgehead atoms. The summed E-state index contributed by atoms with van der Waals surface area (Å²) in [5.41, 5.74) is 7.39. The van der Waals surface area contributed by atoms with Gasteiger partial charge in [-0.05, 0) is 30.7 Å². The number of nitrogens with zero attached hydrogens (tertiary/aromatic N) is 1. The zero-order chi connectivity index (χ0) is 13.2. The minimum atomic E-state index is -2.85. The number of benzene rings is 1. The van der Waals surface area contributed by atoms with Gasteiger partial charge in [0.1, 0.15) is 0 Å². The fourth-order valence-electron chi connectivity index (χ4n) is 2.10. The molecule has 2 rings (SSSR count). The van der Waals surface area contributed by atoms with Crippen molar-refractivity contribution in [1.29, 1.82) is 0 Å². The summed E-state index contributed by atoms with van der Waals surface area (Å²) >= 11 is 5.87. The van der Waals surface area contributed by atoms with E-state index >= 15 is 0 Å². The van der Waals surface area contributed by atoms with Crippen molar-refractivity contribution < 1.29 is 8.42 Å². The Morgan fingerprint density at radius 3 is 2.78 bits per heavy atom. The zero-order valence-corrected chi connectivity index (χ0v) is 11.7. The molecule has 1 heterocycles. The summed E-state index contributed by atoms with van der Waals surface area (Å²) in [4.78, 5) is 2.15. The Kier molecular flexibility index (Phi) is 4.14. The van der Waals surface area contributed by atoms with Crippen LogP contribution in [0.3, 0.4) is 0 Å². The topological polar surface area (TPSA) is 63.4 Å². The molecule has 18 heavy (non-hydrogen) atoms. The third-order valence-corrected chi connectivity index (χ3v) is 5.17. The van der Waals surface area contributed by atoms with Crippen LogP contribution in [0.1, 0.15) is 12.0 Å². The Bertz CT molecular complexity index is 531. The van der Waals surface area contributed by atoms with Crippen LogP contribution in [0, 0.1) is 0 Å². The van der Waals surface area contributed by atoms with E-state index < -0.39 is 9.84 Å². The molecule has 100 valence electrons. The SMILES string of the molecule is Nc1cc(CN2CCCS(=O)(=O)CC2)ccc1Cl. The standard InChI is InChI=1S/C12H17ClN2O2S/c13-11-3-2-10(8-12(11)14)9-15-4-1-6-18(16,17)7-5-15/h2-3,8H,1,4-7,9,14H2. The van der Waals surface area contributed by atoms with Crippen molar-refractivity contribution in [3.05, 3.63) is 28.8 Å². The van der Waals surface area contributed by atoms with E-state index in [2.05, 4.69) is 4.90 Å². The van der Waals surface area contributed by atoms with Crippen LogP contribution in [0.15, 0.2) is 18.2 Å². The molecule has 0 atom stereocenters. The molecule has 0 aromatic heterocycles. The van der Waals surface area contributed by atoms with Crippen LogP contribution in [-0.2, 0) is 16.4 Å². The number of rotatable bonds is 2. The molecule has 0 spiro atoms. The van der Waals surface area contributed by atoms with Gasteiger partial charge in [-0.3, -0.25) is 4.90 Å². The molecule has 0 unspecified atom stereocenters. The highest BCUT2D eigenvalue weighted by molar-refractivity contribution is 7.91. The predicted molar refractivity (Wildman–Crippen MR) is 74.4 cm³/mol. The summed E-state index contributed by atoms with van der Waals surface area (Å²) < 4.78 is 23.0. The minimum Gasteiger partial charge on any atom is -0.398 e. The second-order valence-corrected chi connectivity index (χ2v) is 7.35. The number of hydrogen-bond acceptors (Lipinski definition) is 4. The quantitative estimate of drug-likeness (QED) is 0.839. The van der Waals surface area contributed by atoms with Gasteiger partial charge in [0, 0.05) is 13.1 Å². The van der Waals surface area contributed by atoms with Gasteiger partial charge in [-0.15, -0.1) is 0 Å². The van der Waals surface area contributed by atoms with E-state index in [4.69, 9.17) is 17.3 Å². The van der Waals surface area contributed by atoms with Crippen molar-refractivity contribution in [2.24, 2.45) is 0 Å². The van der Waals surface area contributed by atoms with E-state index in [9.17, 15) is 8.42 Å². The van der Waals surface area contributed by atoms with E-state index in [0.717, 1.165) is 18.7 Å². The average molecular weight is 289 g/mol. The van der Waals surface area contributed by atoms with Gasteiger partial charge >= 0.3 is 0 Å². The van der Waals surface area contributed by atoms with Gasteiger partial charge in [0.2, 0.25) is 0 Å². The smallest absolute Gasteiger partial charge is 0.151 e. The second-order valence-electron chi connectivity index (χ2n) is 4.64. The first-order chi connectivity index (χ1) is 8.46. The number of halogens is 1. The summed E-state index contributed by atoms with van der Waals surface area (Å²) in [6.07, 6.45) is 0.700. The third kappa shape index (κ3) is 3.60. The van der Waals surface area contributed by atoms with Crippen molar-refractivity contribution in [2.45, 2.75) is 13.0 Å². The van der Waals surface area contributed by atoms with E-state index in [1.807, 2.05) is 12.1 Å². The predicted octanol–water partition coefficient (Wildman–Crippen LogP) is 1.54. The summed E-state index contributed by atoms with van der Waals surface area (Å²) in [6.45, 7) is 2.11. The largest absolute Gasteiger partial charge is 0.398 e. The molecule has 0 aliphatic carbocycles. The highest BCUT2D eigenvalue weighted by Gasteiger charge is 2.19. The van der Waals surface area contributed by atoms with Crippen LogP contribution >= 0.6 is 11.6 Å². The van der Waals surface area contributed by atoms with Crippen molar-refractivity contribution in [3.8, 4) is 0 Å². The Morgan fingerprint density at radius 1 is 1.28 bits per heavy atom.